The molecule has 0 aromatic heterocycles. The van der Waals surface area contributed by atoms with E-state index in [9.17, 15) is 9.90 Å². The molecule has 2 N–H and O–H groups in total. The maximum atomic E-state index is 12.3. The summed E-state index contributed by atoms with van der Waals surface area (Å²) >= 11 is 0. The lowest BCUT2D eigenvalue weighted by atomic mass is 9.99. The van der Waals surface area contributed by atoms with E-state index < -0.39 is 0 Å². The van der Waals surface area contributed by atoms with Gasteiger partial charge in [0.25, 0.3) is 0 Å². The van der Waals surface area contributed by atoms with Gasteiger partial charge in [0.2, 0.25) is 5.91 Å². The summed E-state index contributed by atoms with van der Waals surface area (Å²) in [6, 6.07) is 5.99. The molecule has 0 spiro atoms. The van der Waals surface area contributed by atoms with Gasteiger partial charge in [0.1, 0.15) is 5.75 Å². The Morgan fingerprint density at radius 2 is 2.10 bits per heavy atom. The molecule has 0 unspecified atom stereocenters. The number of carbonyl (C=O) groups is 1. The zero-order valence-electron chi connectivity index (χ0n) is 11.8. The molecule has 4 heteroatoms. The van der Waals surface area contributed by atoms with Crippen LogP contribution in [0.25, 0.3) is 0 Å². The fraction of sp³-hybridized carbons (Fsp3) is 0.562. The lowest BCUT2D eigenvalue weighted by Crippen LogP contribution is -2.43. The molecule has 0 saturated heterocycles. The number of nitrogens with one attached hydrogen (secondary N) is 1. The summed E-state index contributed by atoms with van der Waals surface area (Å²) in [6.45, 7) is 1.84. The van der Waals surface area contributed by atoms with Gasteiger partial charge in [-0.15, -0.1) is 0 Å². The van der Waals surface area contributed by atoms with Crippen molar-refractivity contribution in [3.63, 3.8) is 0 Å². The van der Waals surface area contributed by atoms with Crippen molar-refractivity contribution in [2.24, 2.45) is 0 Å². The zero-order chi connectivity index (χ0) is 13.9. The van der Waals surface area contributed by atoms with Crippen LogP contribution in [-0.2, 0) is 17.8 Å². The maximum Gasteiger partial charge on any atom is 0.236 e. The van der Waals surface area contributed by atoms with Gasteiger partial charge in [-0.25, -0.2) is 0 Å². The Morgan fingerprint density at radius 3 is 2.90 bits per heavy atom. The normalized spacial score (nSPS) is 19.1. The second kappa shape index (κ2) is 5.83. The highest BCUT2D eigenvalue weighted by atomic mass is 16.3. The number of rotatable bonds is 3. The SMILES string of the molecule is O=C(CNC1CCCC1)N1CCc2ccc(O)cc2C1. The zero-order valence-corrected chi connectivity index (χ0v) is 11.8. The molecule has 2 aliphatic rings. The molecule has 1 saturated carbocycles. The lowest BCUT2D eigenvalue weighted by Gasteiger charge is -2.29. The molecular weight excluding hydrogens is 252 g/mol. The summed E-state index contributed by atoms with van der Waals surface area (Å²) in [5.74, 6) is 0.452. The van der Waals surface area contributed by atoms with E-state index in [2.05, 4.69) is 5.32 Å². The van der Waals surface area contributed by atoms with Crippen molar-refractivity contribution in [2.45, 2.75) is 44.7 Å². The van der Waals surface area contributed by atoms with E-state index in [0.29, 0.717) is 19.1 Å². The van der Waals surface area contributed by atoms with Gasteiger partial charge < -0.3 is 15.3 Å². The van der Waals surface area contributed by atoms with Crippen molar-refractivity contribution >= 4 is 5.91 Å². The van der Waals surface area contributed by atoms with Gasteiger partial charge in [-0.2, -0.15) is 0 Å². The van der Waals surface area contributed by atoms with Gasteiger partial charge in [0, 0.05) is 19.1 Å². The highest BCUT2D eigenvalue weighted by molar-refractivity contribution is 5.78. The first kappa shape index (κ1) is 13.4. The van der Waals surface area contributed by atoms with E-state index in [4.69, 9.17) is 0 Å². The Bertz CT molecular complexity index is 495. The van der Waals surface area contributed by atoms with Crippen LogP contribution in [0.2, 0.25) is 0 Å². The summed E-state index contributed by atoms with van der Waals surface area (Å²) in [4.78, 5) is 14.1. The predicted molar refractivity (Wildman–Crippen MR) is 77.5 cm³/mol. The van der Waals surface area contributed by atoms with Crippen LogP contribution in [0.4, 0.5) is 0 Å². The van der Waals surface area contributed by atoms with Crippen LogP contribution in [0.3, 0.4) is 0 Å². The van der Waals surface area contributed by atoms with Gasteiger partial charge in [0.05, 0.1) is 6.54 Å². The average molecular weight is 274 g/mol. The Labute approximate surface area is 119 Å². The molecule has 3 rings (SSSR count). The molecule has 20 heavy (non-hydrogen) atoms. The molecule has 1 aromatic carbocycles. The first-order valence-corrected chi connectivity index (χ1v) is 7.54. The molecule has 1 aromatic rings. The van der Waals surface area contributed by atoms with Crippen molar-refractivity contribution < 1.29 is 9.90 Å². The number of phenols is 1. The predicted octanol–water partition coefficient (Wildman–Crippen LogP) is 1.81. The molecule has 1 amide bonds. The number of amides is 1. The summed E-state index contributed by atoms with van der Waals surface area (Å²) in [6.07, 6.45) is 5.84. The quantitative estimate of drug-likeness (QED) is 0.884. The Hall–Kier alpha value is -1.55. The molecule has 1 fully saturated rings. The summed E-state index contributed by atoms with van der Waals surface area (Å²) in [7, 11) is 0. The number of fused-ring (bicyclic) bond motifs is 1. The van der Waals surface area contributed by atoms with E-state index in [1.807, 2.05) is 11.0 Å². The van der Waals surface area contributed by atoms with E-state index in [-0.39, 0.29) is 11.7 Å². The molecule has 0 atom stereocenters. The highest BCUT2D eigenvalue weighted by Gasteiger charge is 2.22. The minimum atomic E-state index is 0.172. The van der Waals surface area contributed by atoms with E-state index in [0.717, 1.165) is 18.5 Å². The van der Waals surface area contributed by atoms with Crippen molar-refractivity contribution in [3.8, 4) is 5.75 Å². The van der Waals surface area contributed by atoms with Gasteiger partial charge >= 0.3 is 0 Å². The third-order valence-electron chi connectivity index (χ3n) is 4.45. The van der Waals surface area contributed by atoms with Crippen LogP contribution in [0.15, 0.2) is 18.2 Å². The second-order valence-electron chi connectivity index (χ2n) is 5.88. The maximum absolute atomic E-state index is 12.3. The second-order valence-corrected chi connectivity index (χ2v) is 5.88. The van der Waals surface area contributed by atoms with Gasteiger partial charge in [-0.05, 0) is 42.5 Å². The van der Waals surface area contributed by atoms with E-state index in [1.165, 1.54) is 31.2 Å². The Kier molecular flexibility index (Phi) is 3.92. The van der Waals surface area contributed by atoms with Crippen molar-refractivity contribution in [3.05, 3.63) is 29.3 Å². The molecule has 1 aliphatic carbocycles. The van der Waals surface area contributed by atoms with Crippen LogP contribution in [-0.4, -0.2) is 35.0 Å². The van der Waals surface area contributed by atoms with Crippen molar-refractivity contribution in [2.75, 3.05) is 13.1 Å². The molecule has 1 aliphatic heterocycles. The average Bonchev–Trinajstić information content (AvgIpc) is 2.97. The Morgan fingerprint density at radius 1 is 1.30 bits per heavy atom. The smallest absolute Gasteiger partial charge is 0.236 e. The number of hydrogen-bond donors (Lipinski definition) is 2. The van der Waals surface area contributed by atoms with Crippen molar-refractivity contribution in [1.82, 2.24) is 10.2 Å². The van der Waals surface area contributed by atoms with E-state index >= 15 is 0 Å². The summed E-state index contributed by atoms with van der Waals surface area (Å²) in [5, 5.41) is 12.9. The molecule has 108 valence electrons. The minimum absolute atomic E-state index is 0.172. The number of benzene rings is 1. The van der Waals surface area contributed by atoms with Crippen LogP contribution in [0, 0.1) is 0 Å². The van der Waals surface area contributed by atoms with Gasteiger partial charge in [-0.1, -0.05) is 18.9 Å². The topological polar surface area (TPSA) is 52.6 Å². The highest BCUT2D eigenvalue weighted by Crippen LogP contribution is 2.23. The number of hydrogen-bond acceptors (Lipinski definition) is 3. The Balaban J connectivity index is 1.57. The third kappa shape index (κ3) is 2.96. The molecule has 0 bridgehead atoms. The first-order valence-electron chi connectivity index (χ1n) is 7.54. The number of carbonyl (C=O) groups excluding carboxylic acids is 1. The lowest BCUT2D eigenvalue weighted by molar-refractivity contribution is -0.131. The minimum Gasteiger partial charge on any atom is -0.508 e. The number of nitrogens with zero attached hydrogens (tertiary/aromatic N) is 1. The summed E-state index contributed by atoms with van der Waals surface area (Å²) < 4.78 is 0. The fourth-order valence-electron chi connectivity index (χ4n) is 3.23. The molecule has 4 nitrogen and oxygen atoms in total. The number of phenolic OH excluding ortho intramolecular Hbond substituents is 1. The van der Waals surface area contributed by atoms with Crippen molar-refractivity contribution in [1.29, 1.82) is 0 Å². The molecular formula is C16H22N2O2. The van der Waals surface area contributed by atoms with Gasteiger partial charge in [0.15, 0.2) is 0 Å². The largest absolute Gasteiger partial charge is 0.508 e. The van der Waals surface area contributed by atoms with Crippen LogP contribution in [0.1, 0.15) is 36.8 Å². The van der Waals surface area contributed by atoms with Crippen LogP contribution in [0.5, 0.6) is 5.75 Å². The third-order valence-corrected chi connectivity index (χ3v) is 4.45. The standard InChI is InChI=1S/C16H22N2O2/c19-15-6-5-12-7-8-18(11-13(12)9-15)16(20)10-17-14-3-1-2-4-14/h5-6,9,14,17,19H,1-4,7-8,10-11H2. The van der Waals surface area contributed by atoms with Crippen LogP contribution >= 0.6 is 0 Å². The first-order chi connectivity index (χ1) is 9.72. The van der Waals surface area contributed by atoms with Gasteiger partial charge in [-0.3, -0.25) is 4.79 Å². The molecule has 0 radical (unpaired) electrons. The number of aromatic hydroxyl groups is 1. The van der Waals surface area contributed by atoms with Crippen LogP contribution < -0.4 is 5.32 Å². The monoisotopic (exact) mass is 274 g/mol. The van der Waals surface area contributed by atoms with E-state index in [1.54, 1.807) is 12.1 Å². The summed E-state index contributed by atoms with van der Waals surface area (Å²) in [5.41, 5.74) is 2.32. The molecule has 1 heterocycles. The fourth-order valence-corrected chi connectivity index (χ4v) is 3.23.